The number of benzene rings is 2. The molecule has 3 aromatic rings. The second kappa shape index (κ2) is 8.69. The molecule has 6 rings (SSSR count). The van der Waals surface area contributed by atoms with Gasteiger partial charge >= 0.3 is 12.3 Å². The van der Waals surface area contributed by atoms with Crippen molar-refractivity contribution in [3.63, 3.8) is 0 Å². The Morgan fingerprint density at radius 1 is 1.14 bits per heavy atom. The third kappa shape index (κ3) is 4.26. The van der Waals surface area contributed by atoms with Crippen LogP contribution in [0.4, 0.5) is 8.78 Å². The van der Waals surface area contributed by atoms with E-state index in [1.54, 1.807) is 18.4 Å². The van der Waals surface area contributed by atoms with Gasteiger partial charge in [0.05, 0.1) is 18.1 Å². The molecular formula is C26H22F2N2O6S. The Morgan fingerprint density at radius 2 is 1.92 bits per heavy atom. The molecule has 2 atom stereocenters. The maximum atomic E-state index is 13.6. The Kier molecular flexibility index (Phi) is 5.55. The SMILES string of the molecule is CCOC(=O)c1csc([C@@H]2C[C@H](NC(=O)C3(c4ccc5c(c4)OC(F)(F)O5)CC3)c3ccccc3O2)n1. The first kappa shape index (κ1) is 23.7. The van der Waals surface area contributed by atoms with Gasteiger partial charge in [-0.3, -0.25) is 4.79 Å². The molecule has 0 saturated heterocycles. The molecule has 0 bridgehead atoms. The highest BCUT2D eigenvalue weighted by Crippen LogP contribution is 2.52. The zero-order valence-corrected chi connectivity index (χ0v) is 20.5. The molecule has 0 radical (unpaired) electrons. The average molecular weight is 529 g/mol. The molecule has 0 unspecified atom stereocenters. The molecule has 1 fully saturated rings. The van der Waals surface area contributed by atoms with Gasteiger partial charge in [0.1, 0.15) is 10.8 Å². The van der Waals surface area contributed by atoms with Crippen molar-refractivity contribution in [2.45, 2.75) is 50.0 Å². The fourth-order valence-electron chi connectivity index (χ4n) is 4.76. The summed E-state index contributed by atoms with van der Waals surface area (Å²) in [5.41, 5.74) is 0.809. The van der Waals surface area contributed by atoms with E-state index < -0.39 is 23.8 Å². The molecule has 2 aliphatic heterocycles. The highest BCUT2D eigenvalue weighted by molar-refractivity contribution is 7.09. The van der Waals surface area contributed by atoms with Gasteiger partial charge in [0.25, 0.3) is 0 Å². The highest BCUT2D eigenvalue weighted by atomic mass is 32.1. The Morgan fingerprint density at radius 3 is 2.70 bits per heavy atom. The van der Waals surface area contributed by atoms with Crippen LogP contribution in [-0.4, -0.2) is 29.8 Å². The second-order valence-electron chi connectivity index (χ2n) is 9.11. The standard InChI is InChI=1S/C26H22F2N2O6S/c1-2-33-23(31)17-13-37-22(29-17)21-12-16(15-5-3-4-6-18(15)34-21)30-24(32)25(9-10-25)14-7-8-19-20(11-14)36-26(27,28)35-19/h3-8,11,13,16,21H,2,9-10,12H2,1H3,(H,30,32)/t16-,21-/m0/s1. The molecule has 11 heteroatoms. The number of esters is 1. The van der Waals surface area contributed by atoms with E-state index in [0.29, 0.717) is 35.6 Å². The minimum Gasteiger partial charge on any atom is -0.483 e. The Balaban J connectivity index is 1.24. The largest absolute Gasteiger partial charge is 0.586 e. The summed E-state index contributed by atoms with van der Waals surface area (Å²) in [6.45, 7) is 1.98. The van der Waals surface area contributed by atoms with Crippen molar-refractivity contribution in [2.75, 3.05) is 6.61 Å². The summed E-state index contributed by atoms with van der Waals surface area (Å²) >= 11 is 1.30. The third-order valence-corrected chi connectivity index (χ3v) is 7.68. The molecule has 3 heterocycles. The molecule has 8 nitrogen and oxygen atoms in total. The van der Waals surface area contributed by atoms with E-state index in [-0.39, 0.29) is 35.7 Å². The molecule has 1 N–H and O–H groups in total. The molecule has 37 heavy (non-hydrogen) atoms. The van der Waals surface area contributed by atoms with Gasteiger partial charge in [-0.2, -0.15) is 0 Å². The number of alkyl halides is 2. The lowest BCUT2D eigenvalue weighted by molar-refractivity contribution is -0.286. The van der Waals surface area contributed by atoms with Crippen LogP contribution in [0.2, 0.25) is 0 Å². The van der Waals surface area contributed by atoms with Crippen LogP contribution in [0.5, 0.6) is 17.2 Å². The third-order valence-electron chi connectivity index (χ3n) is 6.74. The molecule has 1 aliphatic carbocycles. The fourth-order valence-corrected chi connectivity index (χ4v) is 5.58. The van der Waals surface area contributed by atoms with Crippen molar-refractivity contribution in [1.82, 2.24) is 10.3 Å². The predicted molar refractivity (Wildman–Crippen MR) is 127 cm³/mol. The van der Waals surface area contributed by atoms with Gasteiger partial charge in [0.2, 0.25) is 5.91 Å². The number of thiazole rings is 1. The van der Waals surface area contributed by atoms with E-state index in [1.165, 1.54) is 23.5 Å². The molecule has 2 aromatic carbocycles. The van der Waals surface area contributed by atoms with Crippen molar-refractivity contribution in [3.8, 4) is 17.2 Å². The van der Waals surface area contributed by atoms with E-state index in [1.807, 2.05) is 24.3 Å². The lowest BCUT2D eigenvalue weighted by atomic mass is 9.91. The first-order chi connectivity index (χ1) is 17.8. The van der Waals surface area contributed by atoms with Crippen molar-refractivity contribution in [1.29, 1.82) is 0 Å². The number of ether oxygens (including phenoxy) is 4. The first-order valence-electron chi connectivity index (χ1n) is 11.9. The number of carbonyl (C=O) groups is 2. The monoisotopic (exact) mass is 528 g/mol. The average Bonchev–Trinajstić information content (AvgIpc) is 3.42. The number of amides is 1. The van der Waals surface area contributed by atoms with Crippen LogP contribution in [-0.2, 0) is 14.9 Å². The molecular weight excluding hydrogens is 506 g/mol. The van der Waals surface area contributed by atoms with Gasteiger partial charge in [-0.15, -0.1) is 20.1 Å². The summed E-state index contributed by atoms with van der Waals surface area (Å²) in [5, 5.41) is 5.39. The van der Waals surface area contributed by atoms with E-state index in [4.69, 9.17) is 9.47 Å². The van der Waals surface area contributed by atoms with Crippen LogP contribution in [0.15, 0.2) is 47.8 Å². The quantitative estimate of drug-likeness (QED) is 0.447. The summed E-state index contributed by atoms with van der Waals surface area (Å²) in [5.74, 6) is -0.226. The summed E-state index contributed by atoms with van der Waals surface area (Å²) in [6.07, 6.45) is -2.63. The van der Waals surface area contributed by atoms with Crippen molar-refractivity contribution >= 4 is 23.2 Å². The summed E-state index contributed by atoms with van der Waals surface area (Å²) in [7, 11) is 0. The number of hydrogen-bond donors (Lipinski definition) is 1. The van der Waals surface area contributed by atoms with Gasteiger partial charge in [-0.1, -0.05) is 24.3 Å². The highest BCUT2D eigenvalue weighted by Gasteiger charge is 2.53. The van der Waals surface area contributed by atoms with E-state index in [0.717, 1.165) is 5.56 Å². The number of fused-ring (bicyclic) bond motifs is 2. The Labute approximate surface area is 214 Å². The van der Waals surface area contributed by atoms with Gasteiger partial charge in [-0.05, 0) is 43.5 Å². The van der Waals surface area contributed by atoms with Gasteiger partial charge in [0.15, 0.2) is 23.3 Å². The number of halogens is 2. The first-order valence-corrected chi connectivity index (χ1v) is 12.8. The Bertz CT molecular complexity index is 1390. The maximum Gasteiger partial charge on any atom is 0.586 e. The number of nitrogens with one attached hydrogen (secondary N) is 1. The van der Waals surface area contributed by atoms with Crippen LogP contribution in [0.3, 0.4) is 0 Å². The summed E-state index contributed by atoms with van der Waals surface area (Å²) in [4.78, 5) is 30.1. The topological polar surface area (TPSA) is 96.0 Å². The van der Waals surface area contributed by atoms with Crippen molar-refractivity contribution < 1.29 is 37.3 Å². The Hall–Kier alpha value is -3.73. The van der Waals surface area contributed by atoms with Gasteiger partial charge in [0, 0.05) is 17.4 Å². The molecule has 0 spiro atoms. The molecule has 192 valence electrons. The summed E-state index contributed by atoms with van der Waals surface area (Å²) in [6, 6.07) is 11.5. The lowest BCUT2D eigenvalue weighted by Gasteiger charge is -2.32. The van der Waals surface area contributed by atoms with Crippen molar-refractivity contribution in [3.05, 3.63) is 69.7 Å². The van der Waals surface area contributed by atoms with E-state index >= 15 is 0 Å². The van der Waals surface area contributed by atoms with Crippen molar-refractivity contribution in [2.24, 2.45) is 0 Å². The number of nitrogens with zero attached hydrogens (tertiary/aromatic N) is 1. The van der Waals surface area contributed by atoms with Crippen LogP contribution in [0.25, 0.3) is 0 Å². The maximum absolute atomic E-state index is 13.6. The second-order valence-corrected chi connectivity index (χ2v) is 10.00. The number of rotatable bonds is 6. The van der Waals surface area contributed by atoms with Crippen LogP contribution >= 0.6 is 11.3 Å². The smallest absolute Gasteiger partial charge is 0.483 e. The summed E-state index contributed by atoms with van der Waals surface area (Å²) < 4.78 is 47.3. The zero-order chi connectivity index (χ0) is 25.8. The number of carbonyl (C=O) groups excluding carboxylic acids is 2. The molecule has 1 amide bonds. The normalized spacial score (nSPS) is 21.9. The van der Waals surface area contributed by atoms with Crippen LogP contribution in [0.1, 0.15) is 65.0 Å². The predicted octanol–water partition coefficient (Wildman–Crippen LogP) is 5.05. The van der Waals surface area contributed by atoms with E-state index in [2.05, 4.69) is 19.8 Å². The minimum absolute atomic E-state index is 0.0585. The number of hydrogen-bond acceptors (Lipinski definition) is 8. The minimum atomic E-state index is -3.72. The molecule has 1 saturated carbocycles. The molecule has 3 aliphatic rings. The lowest BCUT2D eigenvalue weighted by Crippen LogP contribution is -2.39. The zero-order valence-electron chi connectivity index (χ0n) is 19.7. The fraction of sp³-hybridized carbons (Fsp3) is 0.346. The van der Waals surface area contributed by atoms with Gasteiger partial charge in [-0.25, -0.2) is 9.78 Å². The number of para-hydroxylation sites is 1. The van der Waals surface area contributed by atoms with Gasteiger partial charge < -0.3 is 24.3 Å². The number of aromatic nitrogens is 1. The molecule has 1 aromatic heterocycles. The van der Waals surface area contributed by atoms with Crippen LogP contribution in [0, 0.1) is 0 Å². The van der Waals surface area contributed by atoms with E-state index in [9.17, 15) is 18.4 Å². The van der Waals surface area contributed by atoms with Crippen LogP contribution < -0.4 is 19.5 Å².